The summed E-state index contributed by atoms with van der Waals surface area (Å²) in [5.41, 5.74) is 2.31. The highest BCUT2D eigenvalue weighted by molar-refractivity contribution is 6.35. The van der Waals surface area contributed by atoms with E-state index in [2.05, 4.69) is 25.2 Å². The summed E-state index contributed by atoms with van der Waals surface area (Å²) >= 11 is 12.5. The number of amides is 1. The molecule has 0 aromatic heterocycles. The quantitative estimate of drug-likeness (QED) is 0.483. The summed E-state index contributed by atoms with van der Waals surface area (Å²) in [6.07, 6.45) is 4.54. The number of rotatable bonds is 7. The van der Waals surface area contributed by atoms with Crippen LogP contribution in [-0.2, 0) is 0 Å². The van der Waals surface area contributed by atoms with Crippen LogP contribution in [0.15, 0.2) is 70.5 Å². The summed E-state index contributed by atoms with van der Waals surface area (Å²) in [7, 11) is 3.92. The van der Waals surface area contributed by atoms with Crippen LogP contribution < -0.4 is 5.32 Å². The summed E-state index contributed by atoms with van der Waals surface area (Å²) in [6, 6.07) is 14.7. The Hall–Kier alpha value is -2.77. The predicted molar refractivity (Wildman–Crippen MR) is 138 cm³/mol. The van der Waals surface area contributed by atoms with Crippen molar-refractivity contribution >= 4 is 48.9 Å². The van der Waals surface area contributed by atoms with Crippen LogP contribution in [0.5, 0.6) is 0 Å². The number of carbonyl (C=O) groups is 1. The van der Waals surface area contributed by atoms with Gasteiger partial charge >= 0.3 is 0 Å². The van der Waals surface area contributed by atoms with Gasteiger partial charge in [0, 0.05) is 58.9 Å². The molecule has 0 aliphatic carbocycles. The van der Waals surface area contributed by atoms with Crippen LogP contribution in [0.3, 0.4) is 0 Å². The van der Waals surface area contributed by atoms with Crippen LogP contribution >= 0.6 is 23.2 Å². The monoisotopic (exact) mass is 481 g/mol. The average molecular weight is 482 g/mol. The maximum absolute atomic E-state index is 12.6. The third kappa shape index (κ3) is 5.10. The zero-order valence-corrected chi connectivity index (χ0v) is 20.4. The molecule has 0 bridgehead atoms. The number of nitrogens with zero attached hydrogens (tertiary/aromatic N) is 4. The van der Waals surface area contributed by atoms with E-state index in [1.54, 1.807) is 36.2 Å². The molecule has 2 aromatic carbocycles. The normalized spacial score (nSPS) is 21.3. The highest BCUT2D eigenvalue weighted by atomic mass is 35.5. The first-order chi connectivity index (χ1) is 15.8. The standard InChI is InChI=1S/C24H26BCl2N5O/c1-24(25)15-29-32-21(14-20(30-23(24)32)18-9-3-4-10-19(18)27)28-11-6-12-31(2)22(33)16-7-5-8-17(26)13-16/h3-5,7-10,13-15,23,28H,6,11-12,25H2,1-2H3. The summed E-state index contributed by atoms with van der Waals surface area (Å²) in [5, 5.41) is 11.0. The minimum Gasteiger partial charge on any atom is -0.370 e. The van der Waals surface area contributed by atoms with Crippen molar-refractivity contribution in [3.05, 3.63) is 81.6 Å². The van der Waals surface area contributed by atoms with Gasteiger partial charge in [-0.1, -0.05) is 54.4 Å². The van der Waals surface area contributed by atoms with E-state index >= 15 is 0 Å². The SMILES string of the molecule is BC1(C)C=NN2C(NCCCN(C)C(=O)c3cccc(Cl)c3)=CC(c3ccccc3Cl)=NC21. The zero-order chi connectivity index (χ0) is 23.6. The number of fused-ring (bicyclic) bond motifs is 1. The molecule has 6 nitrogen and oxygen atoms in total. The zero-order valence-electron chi connectivity index (χ0n) is 18.9. The van der Waals surface area contributed by atoms with Gasteiger partial charge in [-0.15, -0.1) is 0 Å². The van der Waals surface area contributed by atoms with Crippen molar-refractivity contribution in [3.8, 4) is 0 Å². The Labute approximate surface area is 205 Å². The summed E-state index contributed by atoms with van der Waals surface area (Å²) < 4.78 is 0. The second-order valence-corrected chi connectivity index (χ2v) is 9.67. The average Bonchev–Trinajstić information content (AvgIpc) is 3.11. The Morgan fingerprint density at radius 1 is 1.24 bits per heavy atom. The van der Waals surface area contributed by atoms with Gasteiger partial charge in [0.05, 0.1) is 5.71 Å². The Kier molecular flexibility index (Phi) is 6.82. The Morgan fingerprint density at radius 3 is 2.79 bits per heavy atom. The Morgan fingerprint density at radius 2 is 2.03 bits per heavy atom. The number of benzene rings is 2. The third-order valence-electron chi connectivity index (χ3n) is 5.74. The van der Waals surface area contributed by atoms with E-state index in [-0.39, 0.29) is 17.4 Å². The van der Waals surface area contributed by atoms with Crippen molar-refractivity contribution in [1.29, 1.82) is 0 Å². The predicted octanol–water partition coefficient (Wildman–Crippen LogP) is 3.83. The van der Waals surface area contributed by atoms with Crippen LogP contribution in [0.2, 0.25) is 15.4 Å². The van der Waals surface area contributed by atoms with Gasteiger partial charge < -0.3 is 10.2 Å². The van der Waals surface area contributed by atoms with E-state index in [0.29, 0.717) is 28.7 Å². The van der Waals surface area contributed by atoms with Gasteiger partial charge in [-0.25, -0.2) is 5.01 Å². The molecule has 0 saturated carbocycles. The van der Waals surface area contributed by atoms with E-state index in [1.807, 2.05) is 41.6 Å². The van der Waals surface area contributed by atoms with E-state index in [9.17, 15) is 4.79 Å². The molecule has 4 rings (SSSR count). The van der Waals surface area contributed by atoms with E-state index in [4.69, 9.17) is 28.2 Å². The van der Waals surface area contributed by atoms with E-state index in [1.165, 1.54) is 0 Å². The molecule has 0 radical (unpaired) electrons. The topological polar surface area (TPSA) is 60.3 Å². The Bertz CT molecular complexity index is 1150. The molecule has 170 valence electrons. The molecule has 0 spiro atoms. The largest absolute Gasteiger partial charge is 0.370 e. The van der Waals surface area contributed by atoms with Gasteiger partial charge in [0.25, 0.3) is 5.91 Å². The molecule has 1 N–H and O–H groups in total. The summed E-state index contributed by atoms with van der Waals surface area (Å²) in [4.78, 5) is 19.3. The lowest BCUT2D eigenvalue weighted by atomic mass is 9.69. The highest BCUT2D eigenvalue weighted by Crippen LogP contribution is 2.38. The highest BCUT2D eigenvalue weighted by Gasteiger charge is 2.41. The minimum atomic E-state index is -0.211. The molecule has 0 fully saturated rings. The second kappa shape index (κ2) is 9.61. The first kappa shape index (κ1) is 23.4. The number of hydrazone groups is 1. The van der Waals surface area contributed by atoms with Crippen LogP contribution in [0.25, 0.3) is 0 Å². The van der Waals surface area contributed by atoms with Gasteiger partial charge in [-0.2, -0.15) is 5.10 Å². The lowest BCUT2D eigenvalue weighted by Gasteiger charge is -2.34. The van der Waals surface area contributed by atoms with Crippen molar-refractivity contribution in [1.82, 2.24) is 15.2 Å². The van der Waals surface area contributed by atoms with Crippen molar-refractivity contribution in [2.75, 3.05) is 20.1 Å². The van der Waals surface area contributed by atoms with Crippen molar-refractivity contribution in [2.24, 2.45) is 10.1 Å². The number of hydrogen-bond donors (Lipinski definition) is 1. The minimum absolute atomic E-state index is 0.0477. The van der Waals surface area contributed by atoms with E-state index < -0.39 is 0 Å². The summed E-state index contributed by atoms with van der Waals surface area (Å²) in [6.45, 7) is 3.40. The fourth-order valence-corrected chi connectivity index (χ4v) is 4.28. The van der Waals surface area contributed by atoms with Crippen molar-refractivity contribution < 1.29 is 4.79 Å². The van der Waals surface area contributed by atoms with Crippen LogP contribution in [0.4, 0.5) is 0 Å². The molecule has 0 saturated heterocycles. The maximum atomic E-state index is 12.6. The maximum Gasteiger partial charge on any atom is 0.253 e. The lowest BCUT2D eigenvalue weighted by Crippen LogP contribution is -2.41. The van der Waals surface area contributed by atoms with Crippen LogP contribution in [0.1, 0.15) is 29.3 Å². The molecular weight excluding hydrogens is 456 g/mol. The molecule has 1 amide bonds. The fourth-order valence-electron chi connectivity index (χ4n) is 3.86. The molecule has 9 heteroatoms. The van der Waals surface area contributed by atoms with Gasteiger partial charge in [-0.05, 0) is 30.7 Å². The first-order valence-electron chi connectivity index (χ1n) is 10.9. The number of allylic oxidation sites excluding steroid dienone is 1. The second-order valence-electron chi connectivity index (χ2n) is 8.83. The number of halogens is 2. The lowest BCUT2D eigenvalue weighted by molar-refractivity contribution is 0.0793. The molecule has 2 atom stereocenters. The molecule has 2 aliphatic rings. The van der Waals surface area contributed by atoms with Gasteiger partial charge in [-0.3, -0.25) is 9.79 Å². The molecule has 2 aromatic rings. The first-order valence-corrected chi connectivity index (χ1v) is 11.7. The molecule has 2 heterocycles. The van der Waals surface area contributed by atoms with Crippen LogP contribution in [-0.4, -0.2) is 61.9 Å². The summed E-state index contributed by atoms with van der Waals surface area (Å²) in [5.74, 6) is 0.823. The molecule has 2 aliphatic heterocycles. The Balaban J connectivity index is 1.42. The van der Waals surface area contributed by atoms with Gasteiger partial charge in [0.1, 0.15) is 19.8 Å². The van der Waals surface area contributed by atoms with E-state index in [0.717, 1.165) is 23.5 Å². The molecule has 33 heavy (non-hydrogen) atoms. The van der Waals surface area contributed by atoms with Gasteiger partial charge in [0.15, 0.2) is 0 Å². The number of aliphatic imine (C=N–C) groups is 1. The van der Waals surface area contributed by atoms with Crippen molar-refractivity contribution in [3.63, 3.8) is 0 Å². The van der Waals surface area contributed by atoms with Crippen molar-refractivity contribution in [2.45, 2.75) is 24.8 Å². The molecule has 2 unspecified atom stereocenters. The smallest absolute Gasteiger partial charge is 0.253 e. The number of nitrogens with one attached hydrogen (secondary N) is 1. The fraction of sp³-hybridized carbons (Fsp3) is 0.292. The van der Waals surface area contributed by atoms with Crippen LogP contribution in [0, 0.1) is 0 Å². The third-order valence-corrected chi connectivity index (χ3v) is 6.30. The number of hydrogen-bond acceptors (Lipinski definition) is 5. The molecular formula is C24H26BCl2N5O. The van der Waals surface area contributed by atoms with Gasteiger partial charge in [0.2, 0.25) is 0 Å². The number of carbonyl (C=O) groups excluding carboxylic acids is 1.